The van der Waals surface area contributed by atoms with E-state index in [1.165, 1.54) is 109 Å². The van der Waals surface area contributed by atoms with Crippen LogP contribution in [0.15, 0.2) is 109 Å². The topological polar surface area (TPSA) is 105 Å². The average molecular weight is 997 g/mol. The average Bonchev–Trinajstić information content (AvgIpc) is 3.32. The van der Waals surface area contributed by atoms with Crippen LogP contribution in [0.3, 0.4) is 0 Å². The van der Waals surface area contributed by atoms with Crippen molar-refractivity contribution >= 4 is 13.7 Å². The molecule has 0 aromatic heterocycles. The number of aliphatic hydroxyl groups excluding tert-OH is 1. The molecule has 0 aliphatic carbocycles. The number of carbonyl (C=O) groups is 1. The molecular formula is C61H108N2O6P+. The number of unbranched alkanes of at least 4 members (excludes halogenated alkanes) is 21. The zero-order valence-electron chi connectivity index (χ0n) is 45.7. The Kier molecular flexibility index (Phi) is 49.0. The van der Waals surface area contributed by atoms with E-state index in [4.69, 9.17) is 9.05 Å². The molecule has 0 aromatic rings. The Morgan fingerprint density at radius 1 is 0.500 bits per heavy atom. The minimum Gasteiger partial charge on any atom is -0.387 e. The molecule has 0 fully saturated rings. The van der Waals surface area contributed by atoms with Crippen molar-refractivity contribution in [2.75, 3.05) is 40.9 Å². The van der Waals surface area contributed by atoms with Crippen molar-refractivity contribution < 1.29 is 32.9 Å². The van der Waals surface area contributed by atoms with Gasteiger partial charge in [0, 0.05) is 6.42 Å². The minimum atomic E-state index is -4.36. The molecule has 0 aromatic carbocycles. The number of likely N-dealkylation sites (N-methyl/N-ethyl adjacent to an activating group) is 1. The Labute approximate surface area is 431 Å². The van der Waals surface area contributed by atoms with Crippen molar-refractivity contribution in [2.45, 2.75) is 231 Å². The lowest BCUT2D eigenvalue weighted by Gasteiger charge is -2.25. The number of allylic oxidation sites excluding steroid dienone is 17. The molecule has 0 heterocycles. The van der Waals surface area contributed by atoms with Crippen LogP contribution < -0.4 is 5.32 Å². The first-order valence-corrected chi connectivity index (χ1v) is 29.8. The highest BCUT2D eigenvalue weighted by molar-refractivity contribution is 7.47. The predicted octanol–water partition coefficient (Wildman–Crippen LogP) is 17.2. The summed E-state index contributed by atoms with van der Waals surface area (Å²) in [5.74, 6) is -0.195. The van der Waals surface area contributed by atoms with E-state index < -0.39 is 20.0 Å². The number of rotatable bonds is 50. The summed E-state index contributed by atoms with van der Waals surface area (Å²) in [5.41, 5.74) is 0. The van der Waals surface area contributed by atoms with Crippen LogP contribution in [0.5, 0.6) is 0 Å². The van der Waals surface area contributed by atoms with Crippen LogP contribution in [-0.2, 0) is 18.4 Å². The summed E-state index contributed by atoms with van der Waals surface area (Å²) < 4.78 is 23.6. The molecule has 9 heteroatoms. The summed E-state index contributed by atoms with van der Waals surface area (Å²) in [5, 5.41) is 13.8. The smallest absolute Gasteiger partial charge is 0.387 e. The number of amides is 1. The number of carbonyl (C=O) groups excluding carboxylic acids is 1. The van der Waals surface area contributed by atoms with Crippen LogP contribution >= 0.6 is 7.82 Å². The van der Waals surface area contributed by atoms with Crippen molar-refractivity contribution in [2.24, 2.45) is 0 Å². The van der Waals surface area contributed by atoms with Crippen molar-refractivity contribution in [1.29, 1.82) is 0 Å². The Morgan fingerprint density at radius 3 is 1.30 bits per heavy atom. The fraction of sp³-hybridized carbons (Fsp3) is 0.689. The molecule has 0 aliphatic rings. The molecule has 0 radical (unpaired) electrons. The van der Waals surface area contributed by atoms with Crippen LogP contribution in [0.1, 0.15) is 219 Å². The van der Waals surface area contributed by atoms with Gasteiger partial charge in [-0.3, -0.25) is 13.8 Å². The number of nitrogens with zero attached hydrogens (tertiary/aromatic N) is 1. The van der Waals surface area contributed by atoms with E-state index in [1.807, 2.05) is 27.2 Å². The molecule has 3 atom stereocenters. The highest BCUT2D eigenvalue weighted by Gasteiger charge is 2.27. The molecule has 1 amide bonds. The van der Waals surface area contributed by atoms with Crippen molar-refractivity contribution in [3.63, 3.8) is 0 Å². The molecule has 70 heavy (non-hydrogen) atoms. The van der Waals surface area contributed by atoms with Gasteiger partial charge in [-0.15, -0.1) is 0 Å². The fourth-order valence-corrected chi connectivity index (χ4v) is 8.29. The van der Waals surface area contributed by atoms with Crippen molar-refractivity contribution in [3.05, 3.63) is 109 Å². The van der Waals surface area contributed by atoms with E-state index in [9.17, 15) is 19.4 Å². The molecule has 3 N–H and O–H groups in total. The first kappa shape index (κ1) is 67.2. The molecule has 0 spiro atoms. The third kappa shape index (κ3) is 53.0. The molecule has 8 nitrogen and oxygen atoms in total. The van der Waals surface area contributed by atoms with E-state index in [0.29, 0.717) is 17.4 Å². The van der Waals surface area contributed by atoms with Crippen LogP contribution in [0.25, 0.3) is 0 Å². The summed E-state index contributed by atoms with van der Waals surface area (Å²) in [7, 11) is 1.54. The lowest BCUT2D eigenvalue weighted by Crippen LogP contribution is -2.45. The third-order valence-corrected chi connectivity index (χ3v) is 12.9. The standard InChI is InChI=1S/C61H107N2O6P/c1-6-8-10-12-14-16-18-19-20-21-22-23-24-25-26-27-28-29-30-31-32-33-34-35-36-37-38-39-40-41-42-43-45-47-49-51-53-55-61(65)62-59(58-69-70(66,67)68-57-56-63(3,4)5)60(64)54-52-50-48-46-44-17-15-13-11-9-7-2/h8,10-11,13-14,16,19-20,22-23,25-26,28-29,44,46,52,54,59-60,64H,6-7,9,12,15,17-18,21,24,27,30-43,45,47-51,53,55-58H2,1-5H3,(H-,62,65,66,67)/p+1/b10-8-,13-11+,16-14-,20-19-,23-22-,26-25-,29-28-,46-44+,54-52+. The second-order valence-electron chi connectivity index (χ2n) is 19.9. The minimum absolute atomic E-state index is 0.0500. The number of aliphatic hydroxyl groups is 1. The summed E-state index contributed by atoms with van der Waals surface area (Å²) in [6.07, 6.45) is 75.0. The van der Waals surface area contributed by atoms with E-state index in [1.54, 1.807) is 6.08 Å². The molecule has 0 bridgehead atoms. The zero-order chi connectivity index (χ0) is 51.3. The molecule has 0 rings (SSSR count). The Morgan fingerprint density at radius 2 is 0.871 bits per heavy atom. The first-order chi connectivity index (χ1) is 34.0. The van der Waals surface area contributed by atoms with Crippen LogP contribution in [0.2, 0.25) is 0 Å². The number of quaternary nitrogens is 1. The first-order valence-electron chi connectivity index (χ1n) is 28.3. The number of nitrogens with one attached hydrogen (secondary N) is 1. The summed E-state index contributed by atoms with van der Waals surface area (Å²) in [4.78, 5) is 23.2. The van der Waals surface area contributed by atoms with Gasteiger partial charge in [-0.1, -0.05) is 232 Å². The van der Waals surface area contributed by atoms with Crippen molar-refractivity contribution in [3.8, 4) is 0 Å². The largest absolute Gasteiger partial charge is 0.472 e. The maximum atomic E-state index is 12.9. The van der Waals surface area contributed by atoms with Gasteiger partial charge in [0.2, 0.25) is 5.91 Å². The molecular weight excluding hydrogens is 888 g/mol. The van der Waals surface area contributed by atoms with Crippen LogP contribution in [-0.4, -0.2) is 73.4 Å². The zero-order valence-corrected chi connectivity index (χ0v) is 46.6. The van der Waals surface area contributed by atoms with Gasteiger partial charge in [0.15, 0.2) is 0 Å². The summed E-state index contributed by atoms with van der Waals surface area (Å²) >= 11 is 0. The quantitative estimate of drug-likeness (QED) is 0.0243. The van der Waals surface area contributed by atoms with Crippen molar-refractivity contribution in [1.82, 2.24) is 5.32 Å². The van der Waals surface area contributed by atoms with Gasteiger partial charge in [0.05, 0.1) is 39.9 Å². The second kappa shape index (κ2) is 51.1. The lowest BCUT2D eigenvalue weighted by molar-refractivity contribution is -0.870. The van der Waals surface area contributed by atoms with Gasteiger partial charge in [0.25, 0.3) is 0 Å². The fourth-order valence-electron chi connectivity index (χ4n) is 7.55. The monoisotopic (exact) mass is 996 g/mol. The summed E-state index contributed by atoms with van der Waals surface area (Å²) in [6, 6.07) is -0.873. The normalized spacial score (nSPS) is 14.8. The number of phosphoric acid groups is 1. The van der Waals surface area contributed by atoms with Gasteiger partial charge in [-0.25, -0.2) is 4.57 Å². The second-order valence-corrected chi connectivity index (χ2v) is 21.4. The molecule has 3 unspecified atom stereocenters. The van der Waals surface area contributed by atoms with E-state index in [-0.39, 0.29) is 19.1 Å². The highest BCUT2D eigenvalue weighted by Crippen LogP contribution is 2.43. The highest BCUT2D eigenvalue weighted by atomic mass is 31.2. The molecule has 0 saturated carbocycles. The van der Waals surface area contributed by atoms with Gasteiger partial charge in [-0.2, -0.15) is 0 Å². The molecule has 0 aliphatic heterocycles. The Balaban J connectivity index is 3.98. The van der Waals surface area contributed by atoms with Crippen LogP contribution in [0.4, 0.5) is 0 Å². The number of hydrogen-bond acceptors (Lipinski definition) is 5. The SMILES string of the molecule is CC/C=C\C/C=C\C/C=C\C/C=C\C/C=C\C/C=C\CCCCCCCCCCCCCCCCCCCCC(=O)NC(COP(=O)(O)OCC[N+](C)(C)C)C(O)/C=C/CC/C=C/CC/C=C/CCC. The van der Waals surface area contributed by atoms with E-state index >= 15 is 0 Å². The maximum Gasteiger partial charge on any atom is 0.472 e. The Bertz CT molecular complexity index is 1500. The molecule has 402 valence electrons. The molecule has 0 saturated heterocycles. The van der Waals surface area contributed by atoms with Gasteiger partial charge >= 0.3 is 7.82 Å². The Hall–Kier alpha value is -2.84. The maximum absolute atomic E-state index is 12.9. The lowest BCUT2D eigenvalue weighted by atomic mass is 10.0. The van der Waals surface area contributed by atoms with E-state index in [2.05, 4.69) is 116 Å². The predicted molar refractivity (Wildman–Crippen MR) is 304 cm³/mol. The number of phosphoric ester groups is 1. The van der Waals surface area contributed by atoms with E-state index in [0.717, 1.165) is 89.9 Å². The van der Waals surface area contributed by atoms with Crippen LogP contribution in [0, 0.1) is 0 Å². The van der Waals surface area contributed by atoms with Gasteiger partial charge in [0.1, 0.15) is 13.2 Å². The van der Waals surface area contributed by atoms with Gasteiger partial charge in [-0.05, 0) is 89.9 Å². The third-order valence-electron chi connectivity index (χ3n) is 11.9. The number of hydrogen-bond donors (Lipinski definition) is 3. The van der Waals surface area contributed by atoms with Gasteiger partial charge < -0.3 is 19.8 Å². The summed E-state index contributed by atoms with van der Waals surface area (Å²) in [6.45, 7) is 4.58.